The van der Waals surface area contributed by atoms with Crippen LogP contribution in [0.25, 0.3) is 0 Å². The van der Waals surface area contributed by atoms with E-state index in [4.69, 9.17) is 5.11 Å². The minimum atomic E-state index is -0.948. The Kier molecular flexibility index (Phi) is 5.49. The number of aliphatic carboxylic acids is 1. The minimum absolute atomic E-state index is 0.0131. The summed E-state index contributed by atoms with van der Waals surface area (Å²) < 4.78 is 0. The molecule has 0 unspecified atom stereocenters. The van der Waals surface area contributed by atoms with E-state index >= 15 is 0 Å². The van der Waals surface area contributed by atoms with Crippen LogP contribution in [0.1, 0.15) is 49.9 Å². The van der Waals surface area contributed by atoms with Crippen LogP contribution in [-0.2, 0) is 17.6 Å². The standard InChI is InChI=1S/C24H20N2O5/c27-21-12-16(15-4-2-1-3-5-15)11-20-18(21)13-19(24(31)26-20)23(30)25-17-8-6-14(7-9-17)10-22(28)29/h1-9,13,16H,10-12H2,(H,25,30)(H,26,31)(H,28,29)/t16-/m1/s1. The first-order valence-electron chi connectivity index (χ1n) is 9.87. The monoisotopic (exact) mass is 416 g/mol. The highest BCUT2D eigenvalue weighted by Gasteiger charge is 2.28. The van der Waals surface area contributed by atoms with Crippen molar-refractivity contribution >= 4 is 23.3 Å². The Morgan fingerprint density at radius 3 is 2.39 bits per heavy atom. The number of anilines is 1. The summed E-state index contributed by atoms with van der Waals surface area (Å²) in [6.45, 7) is 0. The van der Waals surface area contributed by atoms with Crippen molar-refractivity contribution in [3.8, 4) is 0 Å². The average molecular weight is 416 g/mol. The third-order valence-electron chi connectivity index (χ3n) is 5.39. The van der Waals surface area contributed by atoms with E-state index in [-0.39, 0.29) is 23.7 Å². The zero-order valence-corrected chi connectivity index (χ0v) is 16.6. The molecule has 1 aliphatic rings. The number of nitrogens with one attached hydrogen (secondary N) is 2. The summed E-state index contributed by atoms with van der Waals surface area (Å²) in [7, 11) is 0. The number of rotatable bonds is 5. The van der Waals surface area contributed by atoms with Gasteiger partial charge in [-0.15, -0.1) is 0 Å². The van der Waals surface area contributed by atoms with E-state index in [1.807, 2.05) is 30.3 Å². The highest BCUT2D eigenvalue weighted by Crippen LogP contribution is 2.31. The number of carbonyl (C=O) groups excluding carboxylic acids is 2. The predicted molar refractivity (Wildman–Crippen MR) is 115 cm³/mol. The first kappa shape index (κ1) is 20.3. The molecule has 31 heavy (non-hydrogen) atoms. The molecule has 0 saturated heterocycles. The van der Waals surface area contributed by atoms with Crippen LogP contribution in [0.4, 0.5) is 5.69 Å². The summed E-state index contributed by atoms with van der Waals surface area (Å²) in [6.07, 6.45) is 0.716. The topological polar surface area (TPSA) is 116 Å². The number of benzene rings is 2. The smallest absolute Gasteiger partial charge is 0.307 e. The summed E-state index contributed by atoms with van der Waals surface area (Å²) in [6, 6.07) is 17.4. The zero-order valence-electron chi connectivity index (χ0n) is 16.6. The lowest BCUT2D eigenvalue weighted by atomic mass is 9.81. The Morgan fingerprint density at radius 2 is 1.71 bits per heavy atom. The molecule has 7 heteroatoms. The molecule has 0 bridgehead atoms. The summed E-state index contributed by atoms with van der Waals surface area (Å²) in [5.74, 6) is -1.70. The third-order valence-corrected chi connectivity index (χ3v) is 5.39. The van der Waals surface area contributed by atoms with Gasteiger partial charge in [-0.25, -0.2) is 0 Å². The van der Waals surface area contributed by atoms with Crippen molar-refractivity contribution in [3.63, 3.8) is 0 Å². The van der Waals surface area contributed by atoms with Crippen LogP contribution in [0, 0.1) is 0 Å². The quantitative estimate of drug-likeness (QED) is 0.591. The number of aromatic amines is 1. The Labute approximate surface area is 177 Å². The lowest BCUT2D eigenvalue weighted by Gasteiger charge is -2.24. The van der Waals surface area contributed by atoms with Gasteiger partial charge in [-0.2, -0.15) is 0 Å². The number of hydrogen-bond acceptors (Lipinski definition) is 4. The molecule has 3 aromatic rings. The van der Waals surface area contributed by atoms with Crippen molar-refractivity contribution < 1.29 is 19.5 Å². The van der Waals surface area contributed by atoms with E-state index in [0.29, 0.717) is 35.3 Å². The fraction of sp³-hybridized carbons (Fsp3) is 0.167. The van der Waals surface area contributed by atoms with Gasteiger partial charge >= 0.3 is 5.97 Å². The van der Waals surface area contributed by atoms with Gasteiger partial charge in [0.05, 0.1) is 6.42 Å². The maximum atomic E-state index is 12.7. The van der Waals surface area contributed by atoms with Gasteiger partial charge in [0.15, 0.2) is 5.78 Å². The van der Waals surface area contributed by atoms with E-state index in [9.17, 15) is 19.2 Å². The molecule has 0 saturated carbocycles. The van der Waals surface area contributed by atoms with E-state index in [1.165, 1.54) is 6.07 Å². The molecule has 1 amide bonds. The van der Waals surface area contributed by atoms with E-state index < -0.39 is 17.4 Å². The Hall–Kier alpha value is -4.00. The van der Waals surface area contributed by atoms with Gasteiger partial charge < -0.3 is 15.4 Å². The molecule has 0 aliphatic heterocycles. The molecule has 2 aromatic carbocycles. The molecule has 4 rings (SSSR count). The number of hydrogen-bond donors (Lipinski definition) is 3. The molecular formula is C24H20N2O5. The summed E-state index contributed by atoms with van der Waals surface area (Å²) >= 11 is 0. The lowest BCUT2D eigenvalue weighted by molar-refractivity contribution is -0.136. The van der Waals surface area contributed by atoms with Crippen LogP contribution in [-0.4, -0.2) is 27.8 Å². The Bertz CT molecular complexity index is 1210. The van der Waals surface area contributed by atoms with Gasteiger partial charge in [0.1, 0.15) is 5.56 Å². The number of fused-ring (bicyclic) bond motifs is 1. The number of ketones is 1. The number of H-pyrrole nitrogens is 1. The van der Waals surface area contributed by atoms with Crippen LogP contribution >= 0.6 is 0 Å². The molecular weight excluding hydrogens is 396 g/mol. The van der Waals surface area contributed by atoms with Crippen molar-refractivity contribution in [3.05, 3.63) is 99.0 Å². The van der Waals surface area contributed by atoms with E-state index in [2.05, 4.69) is 10.3 Å². The highest BCUT2D eigenvalue weighted by molar-refractivity contribution is 6.06. The van der Waals surface area contributed by atoms with Gasteiger partial charge in [-0.05, 0) is 41.7 Å². The Balaban J connectivity index is 1.55. The first-order valence-corrected chi connectivity index (χ1v) is 9.87. The second kappa shape index (κ2) is 8.39. The zero-order chi connectivity index (χ0) is 22.0. The predicted octanol–water partition coefficient (Wildman–Crippen LogP) is 3.17. The van der Waals surface area contributed by atoms with Gasteiger partial charge in [-0.1, -0.05) is 42.5 Å². The fourth-order valence-corrected chi connectivity index (χ4v) is 3.84. The Morgan fingerprint density at radius 1 is 1.00 bits per heavy atom. The molecule has 7 nitrogen and oxygen atoms in total. The van der Waals surface area contributed by atoms with Crippen molar-refractivity contribution in [2.24, 2.45) is 0 Å². The highest BCUT2D eigenvalue weighted by atomic mass is 16.4. The largest absolute Gasteiger partial charge is 0.481 e. The number of Topliss-reactive ketones (excluding diaryl/α,β-unsaturated/α-hetero) is 1. The maximum absolute atomic E-state index is 12.7. The van der Waals surface area contributed by atoms with Crippen LogP contribution in [0.5, 0.6) is 0 Å². The van der Waals surface area contributed by atoms with Gasteiger partial charge in [0, 0.05) is 23.4 Å². The van der Waals surface area contributed by atoms with Crippen LogP contribution in [0.15, 0.2) is 65.5 Å². The van der Waals surface area contributed by atoms with Gasteiger partial charge in [0.25, 0.3) is 11.5 Å². The second-order valence-electron chi connectivity index (χ2n) is 7.56. The minimum Gasteiger partial charge on any atom is -0.481 e. The number of amides is 1. The maximum Gasteiger partial charge on any atom is 0.307 e. The molecule has 3 N–H and O–H groups in total. The number of aromatic nitrogens is 1. The van der Waals surface area contributed by atoms with Crippen LogP contribution < -0.4 is 10.9 Å². The van der Waals surface area contributed by atoms with Crippen molar-refractivity contribution in [1.82, 2.24) is 4.98 Å². The van der Waals surface area contributed by atoms with Crippen molar-refractivity contribution in [2.75, 3.05) is 5.32 Å². The van der Waals surface area contributed by atoms with E-state index in [0.717, 1.165) is 5.56 Å². The molecule has 1 atom stereocenters. The van der Waals surface area contributed by atoms with E-state index in [1.54, 1.807) is 24.3 Å². The fourth-order valence-electron chi connectivity index (χ4n) is 3.84. The summed E-state index contributed by atoms with van der Waals surface area (Å²) in [5.41, 5.74) is 2.27. The molecule has 0 fully saturated rings. The summed E-state index contributed by atoms with van der Waals surface area (Å²) in [5, 5.41) is 11.4. The normalized spacial score (nSPS) is 15.2. The lowest BCUT2D eigenvalue weighted by Crippen LogP contribution is -2.29. The number of carboxylic acids is 1. The second-order valence-corrected chi connectivity index (χ2v) is 7.56. The van der Waals surface area contributed by atoms with Crippen molar-refractivity contribution in [1.29, 1.82) is 0 Å². The van der Waals surface area contributed by atoms with Crippen LogP contribution in [0.2, 0.25) is 0 Å². The van der Waals surface area contributed by atoms with Crippen LogP contribution in [0.3, 0.4) is 0 Å². The number of pyridine rings is 1. The molecule has 1 aromatic heterocycles. The SMILES string of the molecule is O=C(O)Cc1ccc(NC(=O)c2cc3c([nH]c2=O)C[C@@H](c2ccccc2)CC3=O)cc1. The number of carboxylic acid groups (broad SMARTS) is 1. The van der Waals surface area contributed by atoms with Crippen molar-refractivity contribution in [2.45, 2.75) is 25.2 Å². The third kappa shape index (κ3) is 4.45. The molecule has 0 radical (unpaired) electrons. The molecule has 156 valence electrons. The van der Waals surface area contributed by atoms with Gasteiger partial charge in [0.2, 0.25) is 0 Å². The molecule has 1 heterocycles. The summed E-state index contributed by atoms with van der Waals surface area (Å²) in [4.78, 5) is 51.4. The average Bonchev–Trinajstić information content (AvgIpc) is 2.74. The molecule has 1 aliphatic carbocycles. The van der Waals surface area contributed by atoms with Gasteiger partial charge in [-0.3, -0.25) is 19.2 Å². The molecule has 0 spiro atoms. The number of carbonyl (C=O) groups is 3. The first-order chi connectivity index (χ1) is 14.9.